The number of esters is 1. The first kappa shape index (κ1) is 9.96. The summed E-state index contributed by atoms with van der Waals surface area (Å²) in [5, 5.41) is 0. The molecule has 0 saturated heterocycles. The van der Waals surface area contributed by atoms with Gasteiger partial charge in [-0.3, -0.25) is 4.79 Å². The highest BCUT2D eigenvalue weighted by Crippen LogP contribution is 2.14. The van der Waals surface area contributed by atoms with Crippen molar-refractivity contribution in [2.75, 3.05) is 7.11 Å². The van der Waals surface area contributed by atoms with Crippen LogP contribution in [0, 0.1) is 0 Å². The second kappa shape index (κ2) is 4.80. The van der Waals surface area contributed by atoms with Gasteiger partial charge in [0.15, 0.2) is 5.78 Å². The van der Waals surface area contributed by atoms with Crippen LogP contribution >= 0.6 is 0 Å². The van der Waals surface area contributed by atoms with Gasteiger partial charge in [-0.25, -0.2) is 4.79 Å². The van der Waals surface area contributed by atoms with E-state index in [-0.39, 0.29) is 11.4 Å². The van der Waals surface area contributed by atoms with Gasteiger partial charge in [0.2, 0.25) is 0 Å². The number of rotatable bonds is 1. The number of hydrogen-bond acceptors (Lipinski definition) is 3. The van der Waals surface area contributed by atoms with Crippen LogP contribution in [0.1, 0.15) is 32.1 Å². The Morgan fingerprint density at radius 2 is 2.15 bits per heavy atom. The molecule has 0 aromatic carbocycles. The zero-order valence-corrected chi connectivity index (χ0v) is 7.84. The van der Waals surface area contributed by atoms with Gasteiger partial charge in [-0.2, -0.15) is 0 Å². The normalized spacial score (nSPS) is 18.5. The molecule has 13 heavy (non-hydrogen) atoms. The molecule has 3 heteroatoms. The molecular weight excluding hydrogens is 168 g/mol. The number of carbonyl (C=O) groups is 2. The third kappa shape index (κ3) is 2.68. The van der Waals surface area contributed by atoms with E-state index in [0.29, 0.717) is 6.42 Å². The number of ketones is 1. The van der Waals surface area contributed by atoms with Crippen LogP contribution < -0.4 is 0 Å². The second-order valence-electron chi connectivity index (χ2n) is 3.13. The molecule has 0 atom stereocenters. The van der Waals surface area contributed by atoms with Crippen LogP contribution in [-0.4, -0.2) is 18.9 Å². The lowest BCUT2D eigenvalue weighted by Crippen LogP contribution is -2.15. The van der Waals surface area contributed by atoms with Gasteiger partial charge in [0.05, 0.1) is 12.7 Å². The van der Waals surface area contributed by atoms with E-state index in [1.165, 1.54) is 7.11 Å². The Morgan fingerprint density at radius 1 is 1.38 bits per heavy atom. The number of Topliss-reactive ketones (excluding diaryl/α,β-unsaturated/α-hetero) is 1. The summed E-state index contributed by atoms with van der Waals surface area (Å²) in [4.78, 5) is 22.5. The standard InChI is InChI=1S/C10H14O3/c1-13-10(12)8-6-4-2-3-5-7-9(8)11/h6H,2-5,7H2,1H3. The molecule has 1 aliphatic rings. The maximum Gasteiger partial charge on any atom is 0.341 e. The first-order chi connectivity index (χ1) is 6.25. The zero-order valence-electron chi connectivity index (χ0n) is 7.84. The van der Waals surface area contributed by atoms with Crippen LogP contribution in [0.2, 0.25) is 0 Å². The molecule has 0 radical (unpaired) electrons. The summed E-state index contributed by atoms with van der Waals surface area (Å²) in [7, 11) is 1.30. The summed E-state index contributed by atoms with van der Waals surface area (Å²) in [5.74, 6) is -0.571. The summed E-state index contributed by atoms with van der Waals surface area (Å²) in [6.45, 7) is 0. The van der Waals surface area contributed by atoms with Crippen molar-refractivity contribution in [3.05, 3.63) is 11.6 Å². The highest BCUT2D eigenvalue weighted by atomic mass is 16.5. The van der Waals surface area contributed by atoms with Gasteiger partial charge < -0.3 is 4.74 Å². The summed E-state index contributed by atoms with van der Waals surface area (Å²) in [6, 6.07) is 0. The monoisotopic (exact) mass is 182 g/mol. The predicted octanol–water partition coefficient (Wildman–Crippen LogP) is 1.62. The Bertz CT molecular complexity index is 241. The van der Waals surface area contributed by atoms with Crippen molar-refractivity contribution in [1.29, 1.82) is 0 Å². The quantitative estimate of drug-likeness (QED) is 0.457. The van der Waals surface area contributed by atoms with Gasteiger partial charge in [0.1, 0.15) is 0 Å². The Labute approximate surface area is 77.8 Å². The Kier molecular flexibility index (Phi) is 3.68. The van der Waals surface area contributed by atoms with Crippen molar-refractivity contribution in [1.82, 2.24) is 0 Å². The fraction of sp³-hybridized carbons (Fsp3) is 0.600. The van der Waals surface area contributed by atoms with E-state index < -0.39 is 5.97 Å². The SMILES string of the molecule is COC(=O)C1=CCCCCCC1=O. The molecule has 0 saturated carbocycles. The molecule has 1 aliphatic carbocycles. The molecule has 0 bridgehead atoms. The minimum absolute atomic E-state index is 0.0773. The maximum absolute atomic E-state index is 11.4. The second-order valence-corrected chi connectivity index (χ2v) is 3.13. The molecule has 0 aromatic heterocycles. The first-order valence-electron chi connectivity index (χ1n) is 4.57. The van der Waals surface area contributed by atoms with Gasteiger partial charge in [-0.15, -0.1) is 0 Å². The number of hydrogen-bond donors (Lipinski definition) is 0. The van der Waals surface area contributed by atoms with Crippen LogP contribution in [0.15, 0.2) is 11.6 Å². The molecule has 3 nitrogen and oxygen atoms in total. The number of ether oxygens (including phenoxy) is 1. The molecule has 0 N–H and O–H groups in total. The van der Waals surface area contributed by atoms with Crippen LogP contribution in [0.3, 0.4) is 0 Å². The molecule has 0 amide bonds. The highest BCUT2D eigenvalue weighted by Gasteiger charge is 2.18. The highest BCUT2D eigenvalue weighted by molar-refractivity contribution is 6.17. The Morgan fingerprint density at radius 3 is 2.85 bits per heavy atom. The van der Waals surface area contributed by atoms with E-state index in [1.807, 2.05) is 0 Å². The minimum atomic E-state index is -0.494. The van der Waals surface area contributed by atoms with Crippen LogP contribution in [-0.2, 0) is 14.3 Å². The van der Waals surface area contributed by atoms with E-state index in [4.69, 9.17) is 0 Å². The lowest BCUT2D eigenvalue weighted by Gasteiger charge is -2.07. The molecular formula is C10H14O3. The number of carbonyl (C=O) groups excluding carboxylic acids is 2. The summed E-state index contributed by atoms with van der Waals surface area (Å²) in [5.41, 5.74) is 0.238. The molecule has 0 aromatic rings. The van der Waals surface area contributed by atoms with Crippen molar-refractivity contribution < 1.29 is 14.3 Å². The fourth-order valence-corrected chi connectivity index (χ4v) is 1.41. The predicted molar refractivity (Wildman–Crippen MR) is 48.2 cm³/mol. The molecule has 0 unspecified atom stereocenters. The third-order valence-electron chi connectivity index (χ3n) is 2.16. The van der Waals surface area contributed by atoms with E-state index in [9.17, 15) is 9.59 Å². The molecule has 0 spiro atoms. The van der Waals surface area contributed by atoms with E-state index in [1.54, 1.807) is 6.08 Å². The van der Waals surface area contributed by atoms with Gasteiger partial charge >= 0.3 is 5.97 Å². The lowest BCUT2D eigenvalue weighted by molar-refractivity contribution is -0.137. The van der Waals surface area contributed by atoms with E-state index in [2.05, 4.69) is 4.74 Å². The molecule has 0 heterocycles. The fourth-order valence-electron chi connectivity index (χ4n) is 1.41. The number of methoxy groups -OCH3 is 1. The Balaban J connectivity index is 2.75. The minimum Gasteiger partial charge on any atom is -0.465 e. The van der Waals surface area contributed by atoms with E-state index >= 15 is 0 Å². The molecule has 72 valence electrons. The molecule has 0 fully saturated rings. The largest absolute Gasteiger partial charge is 0.465 e. The van der Waals surface area contributed by atoms with Crippen molar-refractivity contribution in [3.63, 3.8) is 0 Å². The maximum atomic E-state index is 11.4. The Hall–Kier alpha value is -1.12. The van der Waals surface area contributed by atoms with Crippen LogP contribution in [0.4, 0.5) is 0 Å². The first-order valence-corrected chi connectivity index (χ1v) is 4.57. The van der Waals surface area contributed by atoms with Crippen LogP contribution in [0.5, 0.6) is 0 Å². The molecule has 0 aliphatic heterocycles. The summed E-state index contributed by atoms with van der Waals surface area (Å²) < 4.78 is 4.53. The van der Waals surface area contributed by atoms with Crippen molar-refractivity contribution >= 4 is 11.8 Å². The lowest BCUT2D eigenvalue weighted by atomic mass is 9.99. The third-order valence-corrected chi connectivity index (χ3v) is 2.16. The average molecular weight is 182 g/mol. The summed E-state index contributed by atoms with van der Waals surface area (Å²) >= 11 is 0. The van der Waals surface area contributed by atoms with Gasteiger partial charge in [-0.05, 0) is 19.3 Å². The topological polar surface area (TPSA) is 43.4 Å². The van der Waals surface area contributed by atoms with Crippen molar-refractivity contribution in [2.24, 2.45) is 0 Å². The van der Waals surface area contributed by atoms with Crippen molar-refractivity contribution in [3.8, 4) is 0 Å². The van der Waals surface area contributed by atoms with E-state index in [0.717, 1.165) is 25.7 Å². The average Bonchev–Trinajstić information content (AvgIpc) is 2.11. The smallest absolute Gasteiger partial charge is 0.341 e. The van der Waals surface area contributed by atoms with Gasteiger partial charge in [0, 0.05) is 6.42 Å². The van der Waals surface area contributed by atoms with Crippen molar-refractivity contribution in [2.45, 2.75) is 32.1 Å². The van der Waals surface area contributed by atoms with Gasteiger partial charge in [0.25, 0.3) is 0 Å². The van der Waals surface area contributed by atoms with Crippen LogP contribution in [0.25, 0.3) is 0 Å². The number of allylic oxidation sites excluding steroid dienone is 1. The zero-order chi connectivity index (χ0) is 9.68. The molecule has 1 rings (SSSR count). The van der Waals surface area contributed by atoms with Gasteiger partial charge in [-0.1, -0.05) is 12.5 Å². The summed E-state index contributed by atoms with van der Waals surface area (Å²) in [6.07, 6.45) is 5.97.